The molecule has 0 spiro atoms. The second-order valence-electron chi connectivity index (χ2n) is 4.56. The zero-order valence-corrected chi connectivity index (χ0v) is 12.3. The first-order chi connectivity index (χ1) is 9.72. The molecule has 2 rings (SSSR count). The molecule has 0 unspecified atom stereocenters. The van der Waals surface area contributed by atoms with Crippen LogP contribution in [0.3, 0.4) is 0 Å². The Morgan fingerprint density at radius 1 is 1.25 bits per heavy atom. The zero-order valence-electron chi connectivity index (χ0n) is 11.5. The molecule has 0 amide bonds. The van der Waals surface area contributed by atoms with E-state index in [9.17, 15) is 0 Å². The summed E-state index contributed by atoms with van der Waals surface area (Å²) in [6.07, 6.45) is 0. The van der Waals surface area contributed by atoms with Gasteiger partial charge in [0.25, 0.3) is 0 Å². The molecule has 2 aromatic rings. The van der Waals surface area contributed by atoms with Gasteiger partial charge in [0.05, 0.1) is 0 Å². The summed E-state index contributed by atoms with van der Waals surface area (Å²) in [6, 6.07) is 12.0. The van der Waals surface area contributed by atoms with E-state index in [0.717, 1.165) is 25.2 Å². The lowest BCUT2D eigenvalue weighted by Crippen LogP contribution is -2.22. The number of nitrogens with zero attached hydrogens (tertiary/aromatic N) is 2. The quantitative estimate of drug-likeness (QED) is 0.372. The summed E-state index contributed by atoms with van der Waals surface area (Å²) in [5.74, 6) is 0.141. The van der Waals surface area contributed by atoms with Gasteiger partial charge in [-0.05, 0) is 23.6 Å². The van der Waals surface area contributed by atoms with Crippen LogP contribution in [0.15, 0.2) is 46.9 Å². The molecule has 0 saturated carbocycles. The molecular formula is C15H19N3OS. The Morgan fingerprint density at radius 2 is 2.00 bits per heavy atom. The highest BCUT2D eigenvalue weighted by Gasteiger charge is 2.06. The second-order valence-corrected chi connectivity index (χ2v) is 5.60. The van der Waals surface area contributed by atoms with Gasteiger partial charge >= 0.3 is 0 Å². The normalized spacial score (nSPS) is 12.0. The molecule has 0 aliphatic carbocycles. The fraction of sp³-hybridized carbons (Fsp3) is 0.267. The van der Waals surface area contributed by atoms with Gasteiger partial charge in [0, 0.05) is 23.5 Å². The molecule has 0 saturated heterocycles. The van der Waals surface area contributed by atoms with Crippen LogP contribution in [0.1, 0.15) is 22.9 Å². The van der Waals surface area contributed by atoms with Gasteiger partial charge < -0.3 is 10.9 Å². The maximum atomic E-state index is 8.64. The molecule has 0 atom stereocenters. The maximum Gasteiger partial charge on any atom is 0.170 e. The van der Waals surface area contributed by atoms with E-state index in [4.69, 9.17) is 10.9 Å². The van der Waals surface area contributed by atoms with Crippen LogP contribution in [0, 0.1) is 0 Å². The fourth-order valence-corrected chi connectivity index (χ4v) is 2.75. The standard InChI is InChI=1S/C15H19N3OS/c1-2-18(11-14-4-3-9-20-14)10-12-5-7-13(8-6-12)15(16)17-19/h3-9,19H,2,10-11H2,1H3,(H2,16,17). The van der Waals surface area contributed by atoms with Gasteiger partial charge in [-0.1, -0.05) is 42.4 Å². The molecule has 0 fully saturated rings. The molecule has 3 N–H and O–H groups in total. The van der Waals surface area contributed by atoms with Crippen LogP contribution in [-0.4, -0.2) is 22.5 Å². The van der Waals surface area contributed by atoms with Crippen molar-refractivity contribution >= 4 is 17.2 Å². The lowest BCUT2D eigenvalue weighted by atomic mass is 10.1. The van der Waals surface area contributed by atoms with Gasteiger partial charge in [-0.3, -0.25) is 4.90 Å². The van der Waals surface area contributed by atoms with Gasteiger partial charge in [0.2, 0.25) is 0 Å². The maximum absolute atomic E-state index is 8.64. The van der Waals surface area contributed by atoms with E-state index in [-0.39, 0.29) is 5.84 Å². The first-order valence-corrected chi connectivity index (χ1v) is 7.42. The van der Waals surface area contributed by atoms with Crippen LogP contribution in [0.4, 0.5) is 0 Å². The summed E-state index contributed by atoms with van der Waals surface area (Å²) >= 11 is 1.78. The topological polar surface area (TPSA) is 61.8 Å². The average Bonchev–Trinajstić information content (AvgIpc) is 2.99. The fourth-order valence-electron chi connectivity index (χ4n) is 2.00. The molecule has 106 valence electrons. The molecule has 0 aliphatic heterocycles. The minimum Gasteiger partial charge on any atom is -0.409 e. The molecular weight excluding hydrogens is 270 g/mol. The third-order valence-corrected chi connectivity index (χ3v) is 4.03. The number of rotatable bonds is 6. The Hall–Kier alpha value is -1.85. The monoisotopic (exact) mass is 289 g/mol. The number of hydrogen-bond acceptors (Lipinski definition) is 4. The first-order valence-electron chi connectivity index (χ1n) is 6.54. The molecule has 0 bridgehead atoms. The van der Waals surface area contributed by atoms with E-state index < -0.39 is 0 Å². The van der Waals surface area contributed by atoms with Crippen molar-refractivity contribution in [2.45, 2.75) is 20.0 Å². The van der Waals surface area contributed by atoms with E-state index in [2.05, 4.69) is 34.5 Å². The van der Waals surface area contributed by atoms with Crippen LogP contribution in [0.2, 0.25) is 0 Å². The van der Waals surface area contributed by atoms with Crippen LogP contribution in [-0.2, 0) is 13.1 Å². The number of hydrogen-bond donors (Lipinski definition) is 2. The third-order valence-electron chi connectivity index (χ3n) is 3.17. The predicted octanol–water partition coefficient (Wildman–Crippen LogP) is 2.86. The zero-order chi connectivity index (χ0) is 14.4. The molecule has 5 heteroatoms. The van der Waals surface area contributed by atoms with E-state index in [0.29, 0.717) is 0 Å². The third kappa shape index (κ3) is 3.82. The molecule has 1 heterocycles. The van der Waals surface area contributed by atoms with E-state index in [1.54, 1.807) is 11.3 Å². The molecule has 20 heavy (non-hydrogen) atoms. The molecule has 1 aromatic carbocycles. The summed E-state index contributed by atoms with van der Waals surface area (Å²) in [7, 11) is 0. The van der Waals surface area contributed by atoms with Crippen molar-refractivity contribution in [3.63, 3.8) is 0 Å². The minimum absolute atomic E-state index is 0.141. The molecule has 1 aromatic heterocycles. The van der Waals surface area contributed by atoms with Crippen molar-refractivity contribution in [1.29, 1.82) is 0 Å². The van der Waals surface area contributed by atoms with Crippen LogP contribution < -0.4 is 5.73 Å². The number of oxime groups is 1. The Labute approximate surface area is 123 Å². The smallest absolute Gasteiger partial charge is 0.170 e. The number of amidine groups is 1. The van der Waals surface area contributed by atoms with Crippen molar-refractivity contribution in [3.8, 4) is 0 Å². The Morgan fingerprint density at radius 3 is 2.55 bits per heavy atom. The van der Waals surface area contributed by atoms with E-state index in [1.807, 2.05) is 24.3 Å². The highest BCUT2D eigenvalue weighted by atomic mass is 32.1. The SMILES string of the molecule is CCN(Cc1ccc(C(N)=NO)cc1)Cc1cccs1. The summed E-state index contributed by atoms with van der Waals surface area (Å²) in [4.78, 5) is 3.75. The number of thiophene rings is 1. The number of nitrogens with two attached hydrogens (primary N) is 1. The van der Waals surface area contributed by atoms with Crippen molar-refractivity contribution in [2.75, 3.05) is 6.54 Å². The summed E-state index contributed by atoms with van der Waals surface area (Å²) in [5, 5.41) is 13.7. The van der Waals surface area contributed by atoms with Gasteiger partial charge in [-0.2, -0.15) is 0 Å². The Kier molecular flexibility index (Phi) is 5.15. The minimum atomic E-state index is 0.141. The first kappa shape index (κ1) is 14.6. The van der Waals surface area contributed by atoms with E-state index in [1.165, 1.54) is 10.4 Å². The van der Waals surface area contributed by atoms with Crippen LogP contribution in [0.5, 0.6) is 0 Å². The molecule has 4 nitrogen and oxygen atoms in total. The molecule has 0 aliphatic rings. The average molecular weight is 289 g/mol. The molecule has 0 radical (unpaired) electrons. The summed E-state index contributed by atoms with van der Waals surface area (Å²) in [6.45, 7) is 5.03. The van der Waals surface area contributed by atoms with Gasteiger partial charge in [0.1, 0.15) is 0 Å². The van der Waals surface area contributed by atoms with Crippen molar-refractivity contribution in [1.82, 2.24) is 4.90 Å². The van der Waals surface area contributed by atoms with Gasteiger partial charge in [-0.15, -0.1) is 11.3 Å². The van der Waals surface area contributed by atoms with Crippen molar-refractivity contribution < 1.29 is 5.21 Å². The van der Waals surface area contributed by atoms with E-state index >= 15 is 0 Å². The van der Waals surface area contributed by atoms with Crippen molar-refractivity contribution in [2.24, 2.45) is 10.9 Å². The van der Waals surface area contributed by atoms with Crippen molar-refractivity contribution in [3.05, 3.63) is 57.8 Å². The number of benzene rings is 1. The Bertz CT molecular complexity index is 549. The summed E-state index contributed by atoms with van der Waals surface area (Å²) < 4.78 is 0. The summed E-state index contributed by atoms with van der Waals surface area (Å²) in [5.41, 5.74) is 7.51. The lowest BCUT2D eigenvalue weighted by molar-refractivity contribution is 0.274. The predicted molar refractivity (Wildman–Crippen MR) is 83.1 cm³/mol. The van der Waals surface area contributed by atoms with Gasteiger partial charge in [-0.25, -0.2) is 0 Å². The highest BCUT2D eigenvalue weighted by Crippen LogP contribution is 2.14. The van der Waals surface area contributed by atoms with Crippen LogP contribution in [0.25, 0.3) is 0 Å². The Balaban J connectivity index is 2.00. The van der Waals surface area contributed by atoms with Crippen LogP contribution >= 0.6 is 11.3 Å². The second kappa shape index (κ2) is 7.07. The lowest BCUT2D eigenvalue weighted by Gasteiger charge is -2.19. The largest absolute Gasteiger partial charge is 0.409 e. The highest BCUT2D eigenvalue weighted by molar-refractivity contribution is 7.09. The van der Waals surface area contributed by atoms with Gasteiger partial charge in [0.15, 0.2) is 5.84 Å².